The van der Waals surface area contributed by atoms with Crippen molar-refractivity contribution < 1.29 is 5.11 Å². The average Bonchev–Trinajstić information content (AvgIpc) is 2.41. The van der Waals surface area contributed by atoms with Gasteiger partial charge in [0.15, 0.2) is 0 Å². The molecular weight excluding hydrogens is 248 g/mol. The van der Waals surface area contributed by atoms with Crippen LogP contribution in [0.3, 0.4) is 0 Å². The normalized spacial score (nSPS) is 19.9. The Morgan fingerprint density at radius 3 is 2.56 bits per heavy atom. The van der Waals surface area contributed by atoms with Gasteiger partial charge in [-0.05, 0) is 31.7 Å². The lowest BCUT2D eigenvalue weighted by molar-refractivity contribution is 0.105. The first-order valence-corrected chi connectivity index (χ1v) is 6.94. The molecule has 1 aromatic carbocycles. The summed E-state index contributed by atoms with van der Waals surface area (Å²) in [7, 11) is 0. The molecular formula is C14H21ClN2O. The summed E-state index contributed by atoms with van der Waals surface area (Å²) in [6.45, 7) is 9.73. The first-order chi connectivity index (χ1) is 8.61. The highest BCUT2D eigenvalue weighted by molar-refractivity contribution is 6.30. The van der Waals surface area contributed by atoms with Gasteiger partial charge in [0, 0.05) is 42.8 Å². The van der Waals surface area contributed by atoms with E-state index in [0.717, 1.165) is 38.3 Å². The Morgan fingerprint density at radius 2 is 1.94 bits per heavy atom. The minimum absolute atomic E-state index is 0.211. The van der Waals surface area contributed by atoms with E-state index in [1.165, 1.54) is 0 Å². The maximum absolute atomic E-state index is 9.94. The molecule has 1 N–H and O–H groups in total. The van der Waals surface area contributed by atoms with Crippen LogP contribution in [0, 0.1) is 0 Å². The maximum atomic E-state index is 9.94. The lowest BCUT2D eigenvalue weighted by atomic mass is 10.0. The van der Waals surface area contributed by atoms with E-state index in [2.05, 4.69) is 23.6 Å². The third-order valence-electron chi connectivity index (χ3n) is 3.84. The molecule has 3 nitrogen and oxygen atoms in total. The second kappa shape index (κ2) is 5.91. The number of benzene rings is 1. The molecule has 0 amide bonds. The van der Waals surface area contributed by atoms with E-state index in [9.17, 15) is 5.11 Å². The fourth-order valence-electron chi connectivity index (χ4n) is 2.52. The Labute approximate surface area is 114 Å². The number of phenols is 1. The van der Waals surface area contributed by atoms with Gasteiger partial charge in [0.1, 0.15) is 5.75 Å². The molecule has 1 heterocycles. The molecule has 1 saturated heterocycles. The Balaban J connectivity index is 2.07. The molecule has 1 unspecified atom stereocenters. The smallest absolute Gasteiger partial charge is 0.120 e. The van der Waals surface area contributed by atoms with E-state index < -0.39 is 0 Å². The molecule has 18 heavy (non-hydrogen) atoms. The van der Waals surface area contributed by atoms with Crippen molar-refractivity contribution >= 4 is 11.6 Å². The van der Waals surface area contributed by atoms with Gasteiger partial charge in [-0.25, -0.2) is 0 Å². The number of likely N-dealkylation sites (N-methyl/N-ethyl adjacent to an activating group) is 1. The second-order valence-electron chi connectivity index (χ2n) is 4.85. The zero-order chi connectivity index (χ0) is 13.1. The number of halogens is 1. The molecule has 1 aromatic rings. The molecule has 0 radical (unpaired) electrons. The molecule has 1 aliphatic rings. The van der Waals surface area contributed by atoms with Crippen LogP contribution < -0.4 is 0 Å². The van der Waals surface area contributed by atoms with Crippen molar-refractivity contribution in [3.05, 3.63) is 28.8 Å². The topological polar surface area (TPSA) is 26.7 Å². The Kier molecular flexibility index (Phi) is 4.49. The summed E-state index contributed by atoms with van der Waals surface area (Å²) in [6, 6.07) is 5.48. The van der Waals surface area contributed by atoms with Gasteiger partial charge in [-0.2, -0.15) is 0 Å². The largest absolute Gasteiger partial charge is 0.508 e. The summed E-state index contributed by atoms with van der Waals surface area (Å²) in [5.74, 6) is 0.338. The Hall–Kier alpha value is -0.770. The van der Waals surface area contributed by atoms with Crippen LogP contribution in [0.5, 0.6) is 5.75 Å². The van der Waals surface area contributed by atoms with E-state index in [1.807, 2.05) is 6.07 Å². The number of piperazine rings is 1. The van der Waals surface area contributed by atoms with Gasteiger partial charge in [0.2, 0.25) is 0 Å². The highest BCUT2D eigenvalue weighted by Gasteiger charge is 2.23. The summed E-state index contributed by atoms with van der Waals surface area (Å²) >= 11 is 6.01. The first-order valence-electron chi connectivity index (χ1n) is 6.56. The summed E-state index contributed by atoms with van der Waals surface area (Å²) in [5.41, 5.74) is 0.924. The van der Waals surface area contributed by atoms with E-state index in [4.69, 9.17) is 11.6 Å². The standard InChI is InChI=1S/C14H21ClN2O/c1-3-16-6-8-17(9-7-16)11(2)13-10-12(15)4-5-14(13)18/h4-5,10-11,18H,3,6-9H2,1-2H3. The van der Waals surface area contributed by atoms with Crippen molar-refractivity contribution in [2.24, 2.45) is 0 Å². The van der Waals surface area contributed by atoms with Crippen molar-refractivity contribution in [1.29, 1.82) is 0 Å². The zero-order valence-corrected chi connectivity index (χ0v) is 11.8. The highest BCUT2D eigenvalue weighted by Crippen LogP contribution is 2.31. The number of nitrogens with zero attached hydrogens (tertiary/aromatic N) is 2. The van der Waals surface area contributed by atoms with Gasteiger partial charge in [-0.1, -0.05) is 18.5 Å². The van der Waals surface area contributed by atoms with Gasteiger partial charge in [0.25, 0.3) is 0 Å². The third kappa shape index (κ3) is 2.97. The minimum Gasteiger partial charge on any atom is -0.508 e. The maximum Gasteiger partial charge on any atom is 0.120 e. The van der Waals surface area contributed by atoms with Crippen LogP contribution >= 0.6 is 11.6 Å². The fraction of sp³-hybridized carbons (Fsp3) is 0.571. The van der Waals surface area contributed by atoms with Crippen LogP contribution in [-0.2, 0) is 0 Å². The van der Waals surface area contributed by atoms with Gasteiger partial charge >= 0.3 is 0 Å². The van der Waals surface area contributed by atoms with Crippen LogP contribution in [0.2, 0.25) is 5.02 Å². The van der Waals surface area contributed by atoms with E-state index >= 15 is 0 Å². The lowest BCUT2D eigenvalue weighted by Gasteiger charge is -2.37. The van der Waals surface area contributed by atoms with Crippen LogP contribution in [0.1, 0.15) is 25.5 Å². The molecule has 0 spiro atoms. The van der Waals surface area contributed by atoms with Gasteiger partial charge < -0.3 is 10.0 Å². The molecule has 0 aromatic heterocycles. The molecule has 4 heteroatoms. The molecule has 0 bridgehead atoms. The van der Waals surface area contributed by atoms with Crippen LogP contribution in [0.15, 0.2) is 18.2 Å². The monoisotopic (exact) mass is 268 g/mol. The summed E-state index contributed by atoms with van der Waals surface area (Å²) in [6.07, 6.45) is 0. The molecule has 2 rings (SSSR count). The predicted molar refractivity (Wildman–Crippen MR) is 75.2 cm³/mol. The summed E-state index contributed by atoms with van der Waals surface area (Å²) in [4.78, 5) is 4.85. The molecule has 1 atom stereocenters. The van der Waals surface area contributed by atoms with Gasteiger partial charge in [-0.15, -0.1) is 0 Å². The Bertz CT molecular complexity index is 403. The van der Waals surface area contributed by atoms with E-state index in [-0.39, 0.29) is 6.04 Å². The summed E-state index contributed by atoms with van der Waals surface area (Å²) in [5, 5.41) is 10.6. The van der Waals surface area contributed by atoms with Crippen molar-refractivity contribution in [2.75, 3.05) is 32.7 Å². The van der Waals surface area contributed by atoms with Crippen molar-refractivity contribution in [3.63, 3.8) is 0 Å². The van der Waals surface area contributed by atoms with Gasteiger partial charge in [-0.3, -0.25) is 4.90 Å². The van der Waals surface area contributed by atoms with Crippen molar-refractivity contribution in [1.82, 2.24) is 9.80 Å². The lowest BCUT2D eigenvalue weighted by Crippen LogP contribution is -2.46. The number of hydrogen-bond acceptors (Lipinski definition) is 3. The summed E-state index contributed by atoms with van der Waals surface area (Å²) < 4.78 is 0. The van der Waals surface area contributed by atoms with Crippen molar-refractivity contribution in [3.8, 4) is 5.75 Å². The number of aromatic hydroxyl groups is 1. The van der Waals surface area contributed by atoms with E-state index in [1.54, 1.807) is 12.1 Å². The predicted octanol–water partition coefficient (Wildman–Crippen LogP) is 2.74. The Morgan fingerprint density at radius 1 is 1.28 bits per heavy atom. The quantitative estimate of drug-likeness (QED) is 0.913. The van der Waals surface area contributed by atoms with E-state index in [0.29, 0.717) is 10.8 Å². The SMILES string of the molecule is CCN1CCN(C(C)c2cc(Cl)ccc2O)CC1. The number of phenolic OH excluding ortho intramolecular Hbond substituents is 1. The first kappa shape index (κ1) is 13.7. The minimum atomic E-state index is 0.211. The highest BCUT2D eigenvalue weighted by atomic mass is 35.5. The molecule has 100 valence electrons. The molecule has 0 aliphatic carbocycles. The van der Waals surface area contributed by atoms with Crippen LogP contribution in [0.4, 0.5) is 0 Å². The number of rotatable bonds is 3. The second-order valence-corrected chi connectivity index (χ2v) is 5.29. The third-order valence-corrected chi connectivity index (χ3v) is 4.08. The van der Waals surface area contributed by atoms with Crippen LogP contribution in [-0.4, -0.2) is 47.6 Å². The number of hydrogen-bond donors (Lipinski definition) is 1. The van der Waals surface area contributed by atoms with Gasteiger partial charge in [0.05, 0.1) is 0 Å². The fourth-order valence-corrected chi connectivity index (χ4v) is 2.70. The zero-order valence-electron chi connectivity index (χ0n) is 11.1. The van der Waals surface area contributed by atoms with Crippen LogP contribution in [0.25, 0.3) is 0 Å². The average molecular weight is 269 g/mol. The molecule has 1 aliphatic heterocycles. The molecule has 1 fully saturated rings. The van der Waals surface area contributed by atoms with Crippen molar-refractivity contribution in [2.45, 2.75) is 19.9 Å². The molecule has 0 saturated carbocycles.